The van der Waals surface area contributed by atoms with E-state index in [4.69, 9.17) is 21.3 Å². The van der Waals surface area contributed by atoms with Gasteiger partial charge in [0.15, 0.2) is 12.4 Å². The average molecular weight is 549 g/mol. The predicted octanol–water partition coefficient (Wildman–Crippen LogP) is 4.52. The number of carbonyl (C=O) groups is 2. The zero-order chi connectivity index (χ0) is 27.4. The fourth-order valence-electron chi connectivity index (χ4n) is 4.36. The third-order valence-electron chi connectivity index (χ3n) is 6.36. The molecule has 0 spiro atoms. The van der Waals surface area contributed by atoms with Gasteiger partial charge in [-0.15, -0.1) is 0 Å². The van der Waals surface area contributed by atoms with Crippen molar-refractivity contribution in [2.24, 2.45) is 9.98 Å². The van der Waals surface area contributed by atoms with Gasteiger partial charge < -0.3 is 35.5 Å². The Kier molecular flexibility index (Phi) is 7.80. The third kappa shape index (κ3) is 6.39. The normalized spacial score (nSPS) is 17.4. The van der Waals surface area contributed by atoms with Gasteiger partial charge in [0.05, 0.1) is 23.3 Å². The van der Waals surface area contributed by atoms with E-state index in [1.165, 1.54) is 0 Å². The molecule has 2 aromatic carbocycles. The molecule has 2 aliphatic rings. The summed E-state index contributed by atoms with van der Waals surface area (Å²) in [5.74, 6) is 1.50. The van der Waals surface area contributed by atoms with Crippen molar-refractivity contribution in [1.82, 2.24) is 14.8 Å². The van der Waals surface area contributed by atoms with Gasteiger partial charge in [-0.2, -0.15) is 0 Å². The van der Waals surface area contributed by atoms with Crippen molar-refractivity contribution in [3.05, 3.63) is 64.8 Å². The second kappa shape index (κ2) is 11.6. The Morgan fingerprint density at radius 1 is 1.13 bits per heavy atom. The Morgan fingerprint density at radius 2 is 2.00 bits per heavy atom. The maximum absolute atomic E-state index is 12.8. The maximum Gasteiger partial charge on any atom is 0.323 e. The molecule has 202 valence electrons. The fraction of sp³-hybridized carbons (Fsp3) is 0.259. The van der Waals surface area contributed by atoms with Gasteiger partial charge in [-0.3, -0.25) is 4.79 Å². The number of amidine groups is 1. The molecule has 0 saturated heterocycles. The Balaban J connectivity index is 1.47. The van der Waals surface area contributed by atoms with E-state index in [1.807, 2.05) is 13.2 Å². The summed E-state index contributed by atoms with van der Waals surface area (Å²) in [4.78, 5) is 41.9. The summed E-state index contributed by atoms with van der Waals surface area (Å²) in [5.41, 5.74) is 3.43. The zero-order valence-corrected chi connectivity index (χ0v) is 22.4. The highest BCUT2D eigenvalue weighted by Crippen LogP contribution is 2.32. The minimum Gasteiger partial charge on any atom is -0.482 e. The number of likely N-dealkylation sites (N-methyl/N-ethyl adjacent to an activating group) is 1. The number of ether oxygens (including phenoxy) is 1. The van der Waals surface area contributed by atoms with E-state index in [0.717, 1.165) is 29.9 Å². The number of fused-ring (bicyclic) bond motifs is 2. The predicted molar refractivity (Wildman–Crippen MR) is 154 cm³/mol. The van der Waals surface area contributed by atoms with Crippen molar-refractivity contribution in [2.75, 3.05) is 49.7 Å². The third-order valence-corrected chi connectivity index (χ3v) is 6.60. The van der Waals surface area contributed by atoms with Crippen LogP contribution in [-0.2, 0) is 11.3 Å². The van der Waals surface area contributed by atoms with Crippen molar-refractivity contribution in [3.8, 4) is 5.75 Å². The first-order chi connectivity index (χ1) is 18.9. The van der Waals surface area contributed by atoms with E-state index < -0.39 is 6.03 Å². The molecule has 39 heavy (non-hydrogen) atoms. The second-order valence-corrected chi connectivity index (χ2v) is 9.80. The smallest absolute Gasteiger partial charge is 0.323 e. The number of urea groups is 1. The van der Waals surface area contributed by atoms with Crippen LogP contribution < -0.4 is 20.7 Å². The molecule has 12 heteroatoms. The van der Waals surface area contributed by atoms with Crippen LogP contribution in [0.5, 0.6) is 5.75 Å². The molecule has 11 nitrogen and oxygen atoms in total. The molecular formula is C27H29ClN8O3. The minimum atomic E-state index is -0.486. The summed E-state index contributed by atoms with van der Waals surface area (Å²) in [6, 6.07) is 11.5. The van der Waals surface area contributed by atoms with Crippen LogP contribution >= 0.6 is 11.6 Å². The van der Waals surface area contributed by atoms with Crippen LogP contribution in [0.3, 0.4) is 0 Å². The van der Waals surface area contributed by atoms with E-state index in [9.17, 15) is 9.59 Å². The van der Waals surface area contributed by atoms with Gasteiger partial charge in [0.1, 0.15) is 11.6 Å². The van der Waals surface area contributed by atoms with Crippen molar-refractivity contribution in [2.45, 2.75) is 13.0 Å². The molecule has 0 unspecified atom stereocenters. The number of hydrogen-bond donors (Lipinski definition) is 4. The number of aliphatic imine (C=N–C) groups is 2. The zero-order valence-electron chi connectivity index (χ0n) is 21.6. The largest absolute Gasteiger partial charge is 0.482 e. The van der Waals surface area contributed by atoms with Crippen LogP contribution in [0.15, 0.2) is 58.6 Å². The van der Waals surface area contributed by atoms with Crippen LogP contribution in [-0.4, -0.2) is 72.7 Å². The molecule has 2 bridgehead atoms. The molecular weight excluding hydrogens is 520 g/mol. The lowest BCUT2D eigenvalue weighted by atomic mass is 10.1. The number of carbonyl (C=O) groups excluding carboxylic acids is 2. The number of nitrogens with one attached hydrogen (secondary N) is 4. The quantitative estimate of drug-likeness (QED) is 0.374. The number of aromatic nitrogens is 1. The summed E-state index contributed by atoms with van der Waals surface area (Å²) >= 11 is 6.03. The Hall–Kier alpha value is -4.35. The number of rotatable bonds is 2. The first-order valence-corrected chi connectivity index (χ1v) is 12.8. The van der Waals surface area contributed by atoms with E-state index in [2.05, 4.69) is 30.8 Å². The molecule has 2 aliphatic heterocycles. The van der Waals surface area contributed by atoms with E-state index in [0.29, 0.717) is 46.8 Å². The summed E-state index contributed by atoms with van der Waals surface area (Å²) in [6.07, 6.45) is 4.34. The lowest BCUT2D eigenvalue weighted by molar-refractivity contribution is -0.132. The summed E-state index contributed by atoms with van der Waals surface area (Å²) < 4.78 is 5.92. The first-order valence-electron chi connectivity index (χ1n) is 12.5. The SMILES string of the molecule is CN1CCCN(C)C(=O)COc2cc(ccc2NC(=O)Nc2cccc(Cl)c2)/N=C2/N=CNc3[nH]cc(c32)C1. The number of benzene rings is 2. The number of aromatic amines is 1. The minimum absolute atomic E-state index is 0.170. The highest BCUT2D eigenvalue weighted by atomic mass is 35.5. The second-order valence-electron chi connectivity index (χ2n) is 9.37. The number of hydrogen-bond acceptors (Lipinski definition) is 7. The summed E-state index contributed by atoms with van der Waals surface area (Å²) in [5, 5.41) is 9.18. The lowest BCUT2D eigenvalue weighted by Crippen LogP contribution is -2.34. The van der Waals surface area contributed by atoms with Gasteiger partial charge in [-0.1, -0.05) is 17.7 Å². The van der Waals surface area contributed by atoms with E-state index in [-0.39, 0.29) is 12.5 Å². The van der Waals surface area contributed by atoms with Crippen molar-refractivity contribution in [1.29, 1.82) is 0 Å². The molecule has 0 saturated carbocycles. The first kappa shape index (κ1) is 26.3. The Morgan fingerprint density at radius 3 is 2.85 bits per heavy atom. The number of halogens is 1. The van der Waals surface area contributed by atoms with Crippen molar-refractivity contribution in [3.63, 3.8) is 0 Å². The molecule has 1 aromatic heterocycles. The number of nitrogens with zero attached hydrogens (tertiary/aromatic N) is 4. The van der Waals surface area contributed by atoms with Gasteiger partial charge >= 0.3 is 6.03 Å². The lowest BCUT2D eigenvalue weighted by Gasteiger charge is -2.22. The van der Waals surface area contributed by atoms with Gasteiger partial charge in [0.2, 0.25) is 0 Å². The molecule has 3 heterocycles. The maximum atomic E-state index is 12.8. The van der Waals surface area contributed by atoms with Crippen molar-refractivity contribution < 1.29 is 14.3 Å². The van der Waals surface area contributed by atoms with Crippen LogP contribution in [0.2, 0.25) is 5.02 Å². The van der Waals surface area contributed by atoms with E-state index in [1.54, 1.807) is 60.8 Å². The molecule has 0 atom stereocenters. The van der Waals surface area contributed by atoms with Crippen LogP contribution in [0, 0.1) is 0 Å². The van der Waals surface area contributed by atoms with E-state index >= 15 is 0 Å². The molecule has 3 amide bonds. The molecule has 5 rings (SSSR count). The van der Waals surface area contributed by atoms with Crippen molar-refractivity contribution >= 4 is 58.6 Å². The fourth-order valence-corrected chi connectivity index (χ4v) is 4.55. The van der Waals surface area contributed by atoms with Crippen LogP contribution in [0.25, 0.3) is 0 Å². The van der Waals surface area contributed by atoms with Gasteiger partial charge in [0, 0.05) is 43.1 Å². The molecule has 0 radical (unpaired) electrons. The highest BCUT2D eigenvalue weighted by molar-refractivity contribution is 6.30. The van der Waals surface area contributed by atoms with Crippen LogP contribution in [0.1, 0.15) is 17.5 Å². The number of H-pyrrole nitrogens is 1. The molecule has 3 aromatic rings. The standard InChI is InChI=1S/C27H29ClN8O3/c1-35-9-4-10-36(2)23(37)15-39-22-12-20(32-26-24-17(14-35)13-29-25(24)30-16-31-26)7-8-21(22)34-27(38)33-19-6-3-5-18(28)11-19/h3,5-8,11-13,16H,4,9-10,14-15H2,1-2H3,(H2,33,34,38)(H2,29,30,31,32). The molecule has 0 aliphatic carbocycles. The summed E-state index contributed by atoms with van der Waals surface area (Å²) in [7, 11) is 3.80. The van der Waals surface area contributed by atoms with Gasteiger partial charge in [-0.05, 0) is 55.9 Å². The molecule has 0 fully saturated rings. The number of anilines is 3. The molecule has 4 N–H and O–H groups in total. The monoisotopic (exact) mass is 548 g/mol. The average Bonchev–Trinajstić information content (AvgIpc) is 3.31. The number of amides is 3. The van der Waals surface area contributed by atoms with Gasteiger partial charge in [-0.25, -0.2) is 14.8 Å². The van der Waals surface area contributed by atoms with Crippen LogP contribution in [0.4, 0.5) is 27.7 Å². The summed E-state index contributed by atoms with van der Waals surface area (Å²) in [6.45, 7) is 1.89. The van der Waals surface area contributed by atoms with Gasteiger partial charge in [0.25, 0.3) is 5.91 Å². The Bertz CT molecular complexity index is 1450. The highest BCUT2D eigenvalue weighted by Gasteiger charge is 2.21. The topological polar surface area (TPSA) is 126 Å². The Labute approximate surface area is 230 Å².